The molecule has 5 nitrogen and oxygen atoms in total. The number of pyridine rings is 1. The first-order chi connectivity index (χ1) is 17.2. The van der Waals surface area contributed by atoms with E-state index in [1.54, 1.807) is 0 Å². The van der Waals surface area contributed by atoms with E-state index in [9.17, 15) is 4.79 Å². The molecule has 0 N–H and O–H groups in total. The number of piperidine rings is 2. The van der Waals surface area contributed by atoms with Crippen LogP contribution in [0.4, 0.5) is 5.69 Å². The summed E-state index contributed by atoms with van der Waals surface area (Å²) in [6.45, 7) is 5.07. The van der Waals surface area contributed by atoms with E-state index in [-0.39, 0.29) is 11.9 Å². The third-order valence-corrected chi connectivity index (χ3v) is 7.36. The molecule has 5 heteroatoms. The van der Waals surface area contributed by atoms with Gasteiger partial charge in [-0.1, -0.05) is 42.5 Å². The summed E-state index contributed by atoms with van der Waals surface area (Å²) in [5.74, 6) is 1.52. The molecule has 3 aromatic rings. The van der Waals surface area contributed by atoms with Crippen molar-refractivity contribution in [2.45, 2.75) is 44.8 Å². The Morgan fingerprint density at radius 1 is 0.857 bits per heavy atom. The number of carbonyl (C=O) groups excluding carboxylic acids is 1. The third kappa shape index (κ3) is 6.49. The number of Topliss-reactive ketones (excluding diaryl/α,β-unsaturated/α-hetero) is 1. The molecule has 2 aliphatic heterocycles. The molecule has 2 aliphatic rings. The van der Waals surface area contributed by atoms with Crippen LogP contribution in [0.5, 0.6) is 5.75 Å². The number of rotatable bonds is 8. The van der Waals surface area contributed by atoms with Gasteiger partial charge in [-0.2, -0.15) is 0 Å². The molecule has 0 spiro atoms. The second kappa shape index (κ2) is 11.5. The number of nitrogens with zero attached hydrogens (tertiary/aromatic N) is 3. The Kier molecular flexibility index (Phi) is 7.74. The maximum absolute atomic E-state index is 13.0. The summed E-state index contributed by atoms with van der Waals surface area (Å²) in [6, 6.07) is 22.6. The van der Waals surface area contributed by atoms with Crippen LogP contribution in [0.15, 0.2) is 79.1 Å². The molecule has 1 aromatic heterocycles. The predicted molar refractivity (Wildman–Crippen MR) is 140 cm³/mol. The third-order valence-electron chi connectivity index (χ3n) is 7.36. The van der Waals surface area contributed by atoms with Crippen molar-refractivity contribution < 1.29 is 9.53 Å². The molecule has 5 rings (SSSR count). The van der Waals surface area contributed by atoms with Gasteiger partial charge in [-0.3, -0.25) is 14.7 Å². The van der Waals surface area contributed by atoms with Gasteiger partial charge in [0.1, 0.15) is 11.9 Å². The Balaban J connectivity index is 1.08. The van der Waals surface area contributed by atoms with Gasteiger partial charge in [0.25, 0.3) is 0 Å². The topological polar surface area (TPSA) is 45.7 Å². The van der Waals surface area contributed by atoms with Gasteiger partial charge in [0.2, 0.25) is 0 Å². The van der Waals surface area contributed by atoms with Crippen LogP contribution in [0, 0.1) is 5.92 Å². The summed E-state index contributed by atoms with van der Waals surface area (Å²) in [5, 5.41) is 0. The molecule has 2 fully saturated rings. The van der Waals surface area contributed by atoms with E-state index in [2.05, 4.69) is 57.2 Å². The van der Waals surface area contributed by atoms with Crippen molar-refractivity contribution in [2.75, 3.05) is 31.1 Å². The van der Waals surface area contributed by atoms with E-state index in [0.29, 0.717) is 12.3 Å². The standard InChI is InChI=1S/C30H35N3O2/c34-30(21-24-11-17-32(18-12-24)23-25-5-2-1-3-6-25)26-7-4-8-29(22-26)35-28-13-19-33(20-14-28)27-9-15-31-16-10-27/h1-10,15-16,22,24,28H,11-14,17-21,23H2. The molecule has 182 valence electrons. The number of anilines is 1. The largest absolute Gasteiger partial charge is 0.490 e. The van der Waals surface area contributed by atoms with Crippen molar-refractivity contribution >= 4 is 11.5 Å². The normalized spacial score (nSPS) is 17.9. The minimum atomic E-state index is 0.187. The molecule has 0 aliphatic carbocycles. The summed E-state index contributed by atoms with van der Waals surface area (Å²) in [4.78, 5) is 22.0. The first kappa shape index (κ1) is 23.6. The summed E-state index contributed by atoms with van der Waals surface area (Å²) >= 11 is 0. The van der Waals surface area contributed by atoms with Crippen LogP contribution in [0.2, 0.25) is 0 Å². The molecule has 0 atom stereocenters. The zero-order valence-electron chi connectivity index (χ0n) is 20.4. The van der Waals surface area contributed by atoms with E-state index in [1.165, 1.54) is 11.3 Å². The van der Waals surface area contributed by atoms with Gasteiger partial charge >= 0.3 is 0 Å². The lowest BCUT2D eigenvalue weighted by Crippen LogP contribution is -2.38. The Labute approximate surface area is 208 Å². The van der Waals surface area contributed by atoms with Gasteiger partial charge in [-0.05, 0) is 61.7 Å². The number of aromatic nitrogens is 1. The van der Waals surface area contributed by atoms with Gasteiger partial charge in [-0.15, -0.1) is 0 Å². The lowest BCUT2D eigenvalue weighted by Gasteiger charge is -2.33. The monoisotopic (exact) mass is 469 g/mol. The van der Waals surface area contributed by atoms with Gasteiger partial charge in [-0.25, -0.2) is 0 Å². The fourth-order valence-electron chi connectivity index (χ4n) is 5.29. The van der Waals surface area contributed by atoms with Gasteiger partial charge in [0.15, 0.2) is 5.78 Å². The number of carbonyl (C=O) groups is 1. The Morgan fingerprint density at radius 3 is 2.34 bits per heavy atom. The molecule has 0 bridgehead atoms. The molecule has 35 heavy (non-hydrogen) atoms. The number of hydrogen-bond acceptors (Lipinski definition) is 5. The van der Waals surface area contributed by atoms with Crippen LogP contribution in [0.3, 0.4) is 0 Å². The average molecular weight is 470 g/mol. The number of ether oxygens (including phenoxy) is 1. The zero-order valence-corrected chi connectivity index (χ0v) is 20.4. The minimum Gasteiger partial charge on any atom is -0.490 e. The second-order valence-electron chi connectivity index (χ2n) is 9.87. The fraction of sp³-hybridized carbons (Fsp3) is 0.400. The number of hydrogen-bond donors (Lipinski definition) is 0. The maximum Gasteiger partial charge on any atom is 0.163 e. The molecule has 2 saturated heterocycles. The van der Waals surface area contributed by atoms with Gasteiger partial charge in [0.05, 0.1) is 0 Å². The minimum absolute atomic E-state index is 0.187. The van der Waals surface area contributed by atoms with Crippen LogP contribution in [-0.2, 0) is 6.54 Å². The van der Waals surface area contributed by atoms with E-state index < -0.39 is 0 Å². The van der Waals surface area contributed by atoms with Gasteiger partial charge < -0.3 is 9.64 Å². The van der Waals surface area contributed by atoms with Gasteiger partial charge in [0, 0.05) is 62.5 Å². The van der Waals surface area contributed by atoms with E-state index in [0.717, 1.165) is 69.7 Å². The summed E-state index contributed by atoms with van der Waals surface area (Å²) in [7, 11) is 0. The highest BCUT2D eigenvalue weighted by atomic mass is 16.5. The van der Waals surface area contributed by atoms with Crippen molar-refractivity contribution in [3.63, 3.8) is 0 Å². The van der Waals surface area contributed by atoms with Crippen LogP contribution >= 0.6 is 0 Å². The quantitative estimate of drug-likeness (QED) is 0.401. The molecule has 0 radical (unpaired) electrons. The Bertz CT molecular complexity index is 1070. The first-order valence-electron chi connectivity index (χ1n) is 12.9. The lowest BCUT2D eigenvalue weighted by molar-refractivity contribution is 0.0924. The maximum atomic E-state index is 13.0. The first-order valence-corrected chi connectivity index (χ1v) is 12.9. The van der Waals surface area contributed by atoms with Crippen LogP contribution in [0.25, 0.3) is 0 Å². The molecule has 3 heterocycles. The number of ketones is 1. The van der Waals surface area contributed by atoms with Crippen molar-refractivity contribution in [1.29, 1.82) is 0 Å². The highest BCUT2D eigenvalue weighted by Gasteiger charge is 2.23. The van der Waals surface area contributed by atoms with E-state index >= 15 is 0 Å². The van der Waals surface area contributed by atoms with Crippen molar-refractivity contribution in [3.05, 3.63) is 90.3 Å². The van der Waals surface area contributed by atoms with Crippen molar-refractivity contribution in [1.82, 2.24) is 9.88 Å². The summed E-state index contributed by atoms with van der Waals surface area (Å²) in [6.07, 6.45) is 8.63. The fourth-order valence-corrected chi connectivity index (χ4v) is 5.29. The molecular formula is C30H35N3O2. The molecule has 0 amide bonds. The van der Waals surface area contributed by atoms with Crippen molar-refractivity contribution in [2.24, 2.45) is 5.92 Å². The Morgan fingerprint density at radius 2 is 1.60 bits per heavy atom. The SMILES string of the molecule is O=C(CC1CCN(Cc2ccccc2)CC1)c1cccc(OC2CCN(c3ccncc3)CC2)c1. The highest BCUT2D eigenvalue weighted by Crippen LogP contribution is 2.26. The number of likely N-dealkylation sites (tertiary alicyclic amines) is 1. The molecule has 2 aromatic carbocycles. The molecular weight excluding hydrogens is 434 g/mol. The Hall–Kier alpha value is -3.18. The highest BCUT2D eigenvalue weighted by molar-refractivity contribution is 5.96. The number of benzene rings is 2. The molecule has 0 unspecified atom stereocenters. The second-order valence-corrected chi connectivity index (χ2v) is 9.87. The van der Waals surface area contributed by atoms with E-state index in [1.807, 2.05) is 36.7 Å². The zero-order chi connectivity index (χ0) is 23.9. The average Bonchev–Trinajstić information content (AvgIpc) is 2.91. The van der Waals surface area contributed by atoms with Crippen molar-refractivity contribution in [3.8, 4) is 5.75 Å². The summed E-state index contributed by atoms with van der Waals surface area (Å²) < 4.78 is 6.29. The van der Waals surface area contributed by atoms with Crippen LogP contribution in [0.1, 0.15) is 48.0 Å². The smallest absolute Gasteiger partial charge is 0.163 e. The van der Waals surface area contributed by atoms with Crippen LogP contribution < -0.4 is 9.64 Å². The van der Waals surface area contributed by atoms with E-state index in [4.69, 9.17) is 4.74 Å². The van der Waals surface area contributed by atoms with Crippen LogP contribution in [-0.4, -0.2) is 48.0 Å². The lowest BCUT2D eigenvalue weighted by atomic mass is 9.89. The molecule has 0 saturated carbocycles. The predicted octanol–water partition coefficient (Wildman–Crippen LogP) is 5.61. The summed E-state index contributed by atoms with van der Waals surface area (Å²) in [5.41, 5.74) is 3.36.